The molecule has 0 heterocycles. The van der Waals surface area contributed by atoms with E-state index in [9.17, 15) is 4.79 Å². The summed E-state index contributed by atoms with van der Waals surface area (Å²) in [4.78, 5) is 10.3. The average molecular weight is 147 g/mol. The third-order valence-electron chi connectivity index (χ3n) is 0.747. The van der Waals surface area contributed by atoms with Gasteiger partial charge in [0.15, 0.2) is 0 Å². The van der Waals surface area contributed by atoms with Crippen LogP contribution < -0.4 is 5.32 Å². The van der Waals surface area contributed by atoms with Gasteiger partial charge in [0.25, 0.3) is 0 Å². The molecule has 0 radical (unpaired) electrons. The van der Waals surface area contributed by atoms with Crippen molar-refractivity contribution in [3.63, 3.8) is 0 Å². The van der Waals surface area contributed by atoms with Crippen LogP contribution in [0.4, 0.5) is 0 Å². The Hall–Kier alpha value is -0.570. The fourth-order valence-electron chi connectivity index (χ4n) is 0.299. The minimum Gasteiger partial charge on any atom is -0.468 e. The van der Waals surface area contributed by atoms with Gasteiger partial charge < -0.3 is 10.1 Å². The van der Waals surface area contributed by atoms with E-state index in [0.29, 0.717) is 6.54 Å². The van der Waals surface area contributed by atoms with E-state index >= 15 is 0 Å². The second-order valence-electron chi connectivity index (χ2n) is 1.36. The number of esters is 1. The molecular weight excluding hydrogens is 130 g/mol. The summed E-state index contributed by atoms with van der Waals surface area (Å²) < 4.78 is 4.35. The van der Waals surface area contributed by atoms with Crippen LogP contribution in [0.25, 0.3) is 0 Å². The number of nitrogens with one attached hydrogen (secondary N) is 1. The monoisotopic (exact) mass is 147 g/mol. The standard InChI is InChI=1S/C5H11NO2.C2H6/c1-3-6-4-5(7)8-2;1-2/h6H,3-4H2,1-2H3;1-2H3. The van der Waals surface area contributed by atoms with E-state index in [1.807, 2.05) is 20.8 Å². The highest BCUT2D eigenvalue weighted by Crippen LogP contribution is 1.66. The number of ether oxygens (including phenoxy) is 1. The predicted octanol–water partition coefficient (Wildman–Crippen LogP) is 0.795. The van der Waals surface area contributed by atoms with Crippen molar-refractivity contribution in [2.24, 2.45) is 0 Å². The fraction of sp³-hybridized carbons (Fsp3) is 0.857. The number of hydrogen-bond donors (Lipinski definition) is 1. The Balaban J connectivity index is 0. The number of likely N-dealkylation sites (N-methyl/N-ethyl adjacent to an activating group) is 1. The van der Waals surface area contributed by atoms with Gasteiger partial charge in [0, 0.05) is 0 Å². The third-order valence-corrected chi connectivity index (χ3v) is 0.747. The largest absolute Gasteiger partial charge is 0.468 e. The van der Waals surface area contributed by atoms with Crippen molar-refractivity contribution in [1.82, 2.24) is 5.32 Å². The lowest BCUT2D eigenvalue weighted by Gasteiger charge is -1.96. The number of carbonyl (C=O) groups is 1. The van der Waals surface area contributed by atoms with Crippen LogP contribution in [0.5, 0.6) is 0 Å². The van der Waals surface area contributed by atoms with Gasteiger partial charge in [-0.25, -0.2) is 0 Å². The summed E-state index contributed by atoms with van der Waals surface area (Å²) in [5.74, 6) is -0.216. The molecule has 0 amide bonds. The molecule has 0 aromatic rings. The van der Waals surface area contributed by atoms with Gasteiger partial charge in [0.05, 0.1) is 13.7 Å². The van der Waals surface area contributed by atoms with Crippen molar-refractivity contribution in [2.45, 2.75) is 20.8 Å². The van der Waals surface area contributed by atoms with Gasteiger partial charge in [-0.1, -0.05) is 20.8 Å². The Labute approximate surface area is 62.8 Å². The maximum absolute atomic E-state index is 10.3. The second-order valence-corrected chi connectivity index (χ2v) is 1.36. The molecule has 0 saturated heterocycles. The number of methoxy groups -OCH3 is 1. The molecule has 3 heteroatoms. The van der Waals surface area contributed by atoms with Crippen LogP contribution in [0.3, 0.4) is 0 Å². The predicted molar refractivity (Wildman–Crippen MR) is 41.9 cm³/mol. The van der Waals surface area contributed by atoms with Gasteiger partial charge in [-0.05, 0) is 6.54 Å². The van der Waals surface area contributed by atoms with E-state index in [-0.39, 0.29) is 5.97 Å². The van der Waals surface area contributed by atoms with Crippen molar-refractivity contribution in [2.75, 3.05) is 20.2 Å². The van der Waals surface area contributed by atoms with Crippen LogP contribution in [0.1, 0.15) is 20.8 Å². The summed E-state index contributed by atoms with van der Waals surface area (Å²) in [6.07, 6.45) is 0. The Morgan fingerprint density at radius 2 is 2.00 bits per heavy atom. The lowest BCUT2D eigenvalue weighted by Crippen LogP contribution is -2.23. The average Bonchev–Trinajstić information content (AvgIpc) is 2.04. The van der Waals surface area contributed by atoms with Crippen molar-refractivity contribution in [3.8, 4) is 0 Å². The Kier molecular flexibility index (Phi) is 13.7. The molecule has 0 aliphatic heterocycles. The van der Waals surface area contributed by atoms with Crippen LogP contribution >= 0.6 is 0 Å². The van der Waals surface area contributed by atoms with E-state index < -0.39 is 0 Å². The Bertz CT molecular complexity index is 74.0. The first-order valence-corrected chi connectivity index (χ1v) is 3.58. The zero-order valence-electron chi connectivity index (χ0n) is 7.23. The Morgan fingerprint density at radius 1 is 1.50 bits per heavy atom. The first-order valence-electron chi connectivity index (χ1n) is 3.58. The molecule has 0 aromatic heterocycles. The zero-order chi connectivity index (χ0) is 8.41. The van der Waals surface area contributed by atoms with Crippen molar-refractivity contribution < 1.29 is 9.53 Å². The number of rotatable bonds is 3. The molecule has 0 aliphatic carbocycles. The molecule has 0 aromatic carbocycles. The minimum atomic E-state index is -0.216. The van der Waals surface area contributed by atoms with E-state index in [4.69, 9.17) is 0 Å². The van der Waals surface area contributed by atoms with Gasteiger partial charge in [0.2, 0.25) is 0 Å². The minimum absolute atomic E-state index is 0.216. The van der Waals surface area contributed by atoms with Gasteiger partial charge in [-0.3, -0.25) is 4.79 Å². The summed E-state index contributed by atoms with van der Waals surface area (Å²) in [5.41, 5.74) is 0. The topological polar surface area (TPSA) is 38.3 Å². The molecule has 0 fully saturated rings. The lowest BCUT2D eigenvalue weighted by molar-refractivity contribution is -0.139. The van der Waals surface area contributed by atoms with E-state index in [2.05, 4.69) is 10.1 Å². The van der Waals surface area contributed by atoms with Crippen LogP contribution in [-0.4, -0.2) is 26.2 Å². The van der Waals surface area contributed by atoms with E-state index in [1.165, 1.54) is 7.11 Å². The van der Waals surface area contributed by atoms with Crippen molar-refractivity contribution >= 4 is 5.97 Å². The first kappa shape index (κ1) is 12.1. The molecule has 0 aliphatic rings. The molecule has 0 unspecified atom stereocenters. The number of carbonyl (C=O) groups excluding carboxylic acids is 1. The maximum Gasteiger partial charge on any atom is 0.319 e. The fourth-order valence-corrected chi connectivity index (χ4v) is 0.299. The first-order chi connectivity index (χ1) is 4.81. The lowest BCUT2D eigenvalue weighted by atomic mass is 10.6. The third kappa shape index (κ3) is 10.4. The summed E-state index contributed by atoms with van der Waals surface area (Å²) in [5, 5.41) is 2.82. The maximum atomic E-state index is 10.3. The molecular formula is C7H17NO2. The summed E-state index contributed by atoms with van der Waals surface area (Å²) in [6.45, 7) is 7.05. The van der Waals surface area contributed by atoms with Gasteiger partial charge in [-0.15, -0.1) is 0 Å². The smallest absolute Gasteiger partial charge is 0.319 e. The molecule has 0 bridgehead atoms. The number of hydrogen-bond acceptors (Lipinski definition) is 3. The van der Waals surface area contributed by atoms with E-state index in [1.54, 1.807) is 0 Å². The van der Waals surface area contributed by atoms with E-state index in [0.717, 1.165) is 6.54 Å². The van der Waals surface area contributed by atoms with Gasteiger partial charge in [0.1, 0.15) is 0 Å². The van der Waals surface area contributed by atoms with Gasteiger partial charge in [-0.2, -0.15) is 0 Å². The molecule has 0 saturated carbocycles. The zero-order valence-corrected chi connectivity index (χ0v) is 7.23. The van der Waals surface area contributed by atoms with Crippen LogP contribution in [0, 0.1) is 0 Å². The summed E-state index contributed by atoms with van der Waals surface area (Å²) >= 11 is 0. The van der Waals surface area contributed by atoms with Crippen LogP contribution in [0.15, 0.2) is 0 Å². The quantitative estimate of drug-likeness (QED) is 0.600. The van der Waals surface area contributed by atoms with Crippen molar-refractivity contribution in [1.29, 1.82) is 0 Å². The second kappa shape index (κ2) is 11.3. The van der Waals surface area contributed by atoms with Gasteiger partial charge >= 0.3 is 5.97 Å². The molecule has 3 nitrogen and oxygen atoms in total. The highest BCUT2D eigenvalue weighted by atomic mass is 16.5. The highest BCUT2D eigenvalue weighted by Gasteiger charge is 1.93. The highest BCUT2D eigenvalue weighted by molar-refractivity contribution is 5.71. The summed E-state index contributed by atoms with van der Waals surface area (Å²) in [7, 11) is 1.37. The summed E-state index contributed by atoms with van der Waals surface area (Å²) in [6, 6.07) is 0. The van der Waals surface area contributed by atoms with Crippen LogP contribution in [-0.2, 0) is 9.53 Å². The SMILES string of the molecule is CC.CCNCC(=O)OC. The molecule has 0 spiro atoms. The van der Waals surface area contributed by atoms with Crippen LogP contribution in [0.2, 0.25) is 0 Å². The molecule has 1 N–H and O–H groups in total. The Morgan fingerprint density at radius 3 is 2.30 bits per heavy atom. The molecule has 10 heavy (non-hydrogen) atoms. The molecule has 0 rings (SSSR count). The molecule has 62 valence electrons. The normalized spacial score (nSPS) is 7.60. The van der Waals surface area contributed by atoms with Crippen molar-refractivity contribution in [3.05, 3.63) is 0 Å². The molecule has 0 atom stereocenters.